The Morgan fingerprint density at radius 3 is 2.80 bits per heavy atom. The van der Waals surface area contributed by atoms with Crippen LogP contribution in [0.1, 0.15) is 26.5 Å². The van der Waals surface area contributed by atoms with Crippen LogP contribution in [0, 0.1) is 6.92 Å². The molecule has 0 radical (unpaired) electrons. The van der Waals surface area contributed by atoms with Crippen molar-refractivity contribution in [2.75, 3.05) is 14.2 Å². The number of carbonyl (C=O) groups excluding carboxylic acids is 1. The minimum absolute atomic E-state index is 0.670. The molecule has 0 bridgehead atoms. The molecule has 0 saturated heterocycles. The van der Waals surface area contributed by atoms with Crippen molar-refractivity contribution in [1.29, 1.82) is 0 Å². The van der Waals surface area contributed by atoms with Crippen LogP contribution in [-0.2, 0) is 13.1 Å². The van der Waals surface area contributed by atoms with E-state index in [1.165, 1.54) is 4.88 Å². The number of aromatic nitrogens is 1. The molecule has 0 saturated carbocycles. The highest BCUT2D eigenvalue weighted by atomic mass is 32.1. The SMILES string of the molecule is COc1ccc(C=O)cc1CN(C)Cc1scnc1C. The van der Waals surface area contributed by atoms with Crippen LogP contribution >= 0.6 is 11.3 Å². The molecule has 20 heavy (non-hydrogen) atoms. The predicted molar refractivity (Wildman–Crippen MR) is 80.4 cm³/mol. The van der Waals surface area contributed by atoms with E-state index in [1.807, 2.05) is 31.6 Å². The number of carbonyl (C=O) groups is 1. The first-order chi connectivity index (χ1) is 9.63. The number of hydrogen-bond acceptors (Lipinski definition) is 5. The molecular formula is C15H18N2O2S. The van der Waals surface area contributed by atoms with E-state index >= 15 is 0 Å². The maximum atomic E-state index is 10.9. The molecule has 106 valence electrons. The van der Waals surface area contributed by atoms with Gasteiger partial charge in [-0.2, -0.15) is 0 Å². The van der Waals surface area contributed by atoms with Gasteiger partial charge in [0.1, 0.15) is 12.0 Å². The van der Waals surface area contributed by atoms with E-state index in [0.717, 1.165) is 36.4 Å². The minimum atomic E-state index is 0.670. The van der Waals surface area contributed by atoms with Gasteiger partial charge in [-0.05, 0) is 32.2 Å². The van der Waals surface area contributed by atoms with Crippen molar-refractivity contribution >= 4 is 17.6 Å². The summed E-state index contributed by atoms with van der Waals surface area (Å²) >= 11 is 1.67. The molecule has 2 aromatic rings. The number of ether oxygens (including phenoxy) is 1. The second-order valence-corrected chi connectivity index (χ2v) is 5.66. The summed E-state index contributed by atoms with van der Waals surface area (Å²) in [5.74, 6) is 0.809. The Labute approximate surface area is 123 Å². The van der Waals surface area contributed by atoms with Gasteiger partial charge in [0, 0.05) is 29.1 Å². The Bertz CT molecular complexity index is 595. The van der Waals surface area contributed by atoms with Crippen LogP contribution in [0.3, 0.4) is 0 Å². The molecule has 0 unspecified atom stereocenters. The van der Waals surface area contributed by atoms with Crippen LogP contribution in [0.25, 0.3) is 0 Å². The molecule has 0 aliphatic heterocycles. The quantitative estimate of drug-likeness (QED) is 0.767. The van der Waals surface area contributed by atoms with Gasteiger partial charge in [-0.15, -0.1) is 11.3 Å². The molecular weight excluding hydrogens is 272 g/mol. The fourth-order valence-corrected chi connectivity index (χ4v) is 2.92. The lowest BCUT2D eigenvalue weighted by molar-refractivity contribution is 0.112. The number of nitrogens with zero attached hydrogens (tertiary/aromatic N) is 2. The van der Waals surface area contributed by atoms with Gasteiger partial charge < -0.3 is 4.74 Å². The molecule has 0 amide bonds. The first kappa shape index (κ1) is 14.7. The van der Waals surface area contributed by atoms with Gasteiger partial charge in [0.15, 0.2) is 0 Å². The molecule has 0 N–H and O–H groups in total. The van der Waals surface area contributed by atoms with Gasteiger partial charge in [0.25, 0.3) is 0 Å². The van der Waals surface area contributed by atoms with Crippen LogP contribution in [0.4, 0.5) is 0 Å². The fraction of sp³-hybridized carbons (Fsp3) is 0.333. The number of rotatable bonds is 6. The summed E-state index contributed by atoms with van der Waals surface area (Å²) in [4.78, 5) is 18.6. The van der Waals surface area contributed by atoms with Crippen molar-refractivity contribution in [3.05, 3.63) is 45.4 Å². The van der Waals surface area contributed by atoms with Gasteiger partial charge in [-0.1, -0.05) is 0 Å². The standard InChI is InChI=1S/C15H18N2O2S/c1-11-15(20-10-16-11)8-17(2)7-13-6-12(9-18)4-5-14(13)19-3/h4-6,9-10H,7-8H2,1-3H3. The van der Waals surface area contributed by atoms with E-state index < -0.39 is 0 Å². The average Bonchev–Trinajstić information content (AvgIpc) is 2.84. The monoisotopic (exact) mass is 290 g/mol. The molecule has 4 nitrogen and oxygen atoms in total. The zero-order valence-corrected chi connectivity index (χ0v) is 12.7. The Morgan fingerprint density at radius 2 is 2.20 bits per heavy atom. The molecule has 0 aliphatic carbocycles. The van der Waals surface area contributed by atoms with Gasteiger partial charge in [0.2, 0.25) is 0 Å². The number of benzene rings is 1. The van der Waals surface area contributed by atoms with Gasteiger partial charge in [-0.25, -0.2) is 4.98 Å². The topological polar surface area (TPSA) is 42.4 Å². The van der Waals surface area contributed by atoms with Gasteiger partial charge in [-0.3, -0.25) is 9.69 Å². The summed E-state index contributed by atoms with van der Waals surface area (Å²) < 4.78 is 5.35. The van der Waals surface area contributed by atoms with Crippen LogP contribution in [-0.4, -0.2) is 30.3 Å². The van der Waals surface area contributed by atoms with Gasteiger partial charge in [0.05, 0.1) is 18.3 Å². The first-order valence-electron chi connectivity index (χ1n) is 6.33. The summed E-state index contributed by atoms with van der Waals surface area (Å²) in [7, 11) is 3.69. The van der Waals surface area contributed by atoms with E-state index in [-0.39, 0.29) is 0 Å². The Morgan fingerprint density at radius 1 is 1.40 bits per heavy atom. The lowest BCUT2D eigenvalue weighted by Crippen LogP contribution is -2.17. The van der Waals surface area contributed by atoms with E-state index in [2.05, 4.69) is 9.88 Å². The number of aryl methyl sites for hydroxylation is 1. The molecule has 1 aromatic carbocycles. The molecule has 1 aromatic heterocycles. The zero-order chi connectivity index (χ0) is 14.5. The second kappa shape index (κ2) is 6.63. The Kier molecular flexibility index (Phi) is 4.87. The van der Waals surface area contributed by atoms with Crippen molar-refractivity contribution in [1.82, 2.24) is 9.88 Å². The number of aldehydes is 1. The summed E-state index contributed by atoms with van der Waals surface area (Å²) in [6, 6.07) is 5.48. The minimum Gasteiger partial charge on any atom is -0.496 e. The lowest BCUT2D eigenvalue weighted by atomic mass is 10.1. The third kappa shape index (κ3) is 3.43. The fourth-order valence-electron chi connectivity index (χ4n) is 2.07. The molecule has 2 rings (SSSR count). The van der Waals surface area contributed by atoms with Crippen molar-refractivity contribution < 1.29 is 9.53 Å². The zero-order valence-electron chi connectivity index (χ0n) is 11.9. The summed E-state index contributed by atoms with van der Waals surface area (Å²) in [5.41, 5.74) is 4.63. The highest BCUT2D eigenvalue weighted by Gasteiger charge is 2.10. The van der Waals surface area contributed by atoms with E-state index in [1.54, 1.807) is 24.5 Å². The normalized spacial score (nSPS) is 10.8. The number of thiazole rings is 1. The highest BCUT2D eigenvalue weighted by molar-refractivity contribution is 7.09. The smallest absolute Gasteiger partial charge is 0.150 e. The molecule has 0 aliphatic rings. The number of hydrogen-bond donors (Lipinski definition) is 0. The maximum absolute atomic E-state index is 10.9. The summed E-state index contributed by atoms with van der Waals surface area (Å²) in [6.07, 6.45) is 0.857. The predicted octanol–water partition coefficient (Wildman–Crippen LogP) is 2.90. The number of methoxy groups -OCH3 is 1. The summed E-state index contributed by atoms with van der Waals surface area (Å²) in [6.45, 7) is 3.58. The largest absolute Gasteiger partial charge is 0.496 e. The van der Waals surface area contributed by atoms with E-state index in [0.29, 0.717) is 5.56 Å². The maximum Gasteiger partial charge on any atom is 0.150 e. The Hall–Kier alpha value is -1.72. The molecule has 0 spiro atoms. The van der Waals surface area contributed by atoms with Crippen LogP contribution < -0.4 is 4.74 Å². The molecule has 1 heterocycles. The Balaban J connectivity index is 2.12. The summed E-state index contributed by atoms with van der Waals surface area (Å²) in [5, 5.41) is 0. The second-order valence-electron chi connectivity index (χ2n) is 4.72. The molecule has 5 heteroatoms. The lowest BCUT2D eigenvalue weighted by Gasteiger charge is -2.18. The van der Waals surface area contributed by atoms with Crippen LogP contribution in [0.5, 0.6) is 5.75 Å². The highest BCUT2D eigenvalue weighted by Crippen LogP contribution is 2.22. The van der Waals surface area contributed by atoms with Crippen molar-refractivity contribution in [3.8, 4) is 5.75 Å². The van der Waals surface area contributed by atoms with Gasteiger partial charge >= 0.3 is 0 Å². The third-order valence-corrected chi connectivity index (χ3v) is 4.06. The third-order valence-electron chi connectivity index (χ3n) is 3.14. The van der Waals surface area contributed by atoms with Crippen molar-refractivity contribution in [2.45, 2.75) is 20.0 Å². The molecule has 0 fully saturated rings. The average molecular weight is 290 g/mol. The van der Waals surface area contributed by atoms with Crippen molar-refractivity contribution in [3.63, 3.8) is 0 Å². The van der Waals surface area contributed by atoms with E-state index in [4.69, 9.17) is 4.74 Å². The molecule has 0 atom stereocenters. The van der Waals surface area contributed by atoms with E-state index in [9.17, 15) is 4.79 Å². The van der Waals surface area contributed by atoms with Crippen LogP contribution in [0.2, 0.25) is 0 Å². The first-order valence-corrected chi connectivity index (χ1v) is 7.21. The van der Waals surface area contributed by atoms with Crippen LogP contribution in [0.15, 0.2) is 23.7 Å². The van der Waals surface area contributed by atoms with Crippen molar-refractivity contribution in [2.24, 2.45) is 0 Å².